The second kappa shape index (κ2) is 18.1. The number of nitrogens with one attached hydrogen (secondary N) is 1. The molecule has 212 valence electrons. The molecule has 1 aromatic heterocycles. The molecule has 0 saturated carbocycles. The summed E-state index contributed by atoms with van der Waals surface area (Å²) in [5.41, 5.74) is 2.81. The fourth-order valence-electron chi connectivity index (χ4n) is 4.77. The monoisotopic (exact) mass is 569 g/mol. The predicted octanol–water partition coefficient (Wildman–Crippen LogP) is 9.64. The molecule has 39 heavy (non-hydrogen) atoms. The summed E-state index contributed by atoms with van der Waals surface area (Å²) < 4.78 is 8.13. The normalized spacial score (nSPS) is 11.1. The number of unbranched alkanes of at least 4 members (excludes halogenated alkanes) is 11. The second-order valence-corrected chi connectivity index (χ2v) is 11.6. The van der Waals surface area contributed by atoms with Gasteiger partial charge in [-0.2, -0.15) is 4.57 Å². The summed E-state index contributed by atoms with van der Waals surface area (Å²) in [7, 11) is 0. The molecule has 3 aromatic rings. The number of benzene rings is 2. The van der Waals surface area contributed by atoms with Crippen molar-refractivity contribution in [2.45, 2.75) is 104 Å². The lowest BCUT2D eigenvalue weighted by Gasteiger charge is -2.10. The molecule has 0 aliphatic carbocycles. The first kappa shape index (κ1) is 31.2. The molecule has 0 atom stereocenters. The number of amides is 1. The first-order valence-corrected chi connectivity index (χ1v) is 16.1. The number of carbonyl (C=O) groups excluding carboxylic acids is 1. The lowest BCUT2D eigenvalue weighted by molar-refractivity contribution is -0.678. The lowest BCUT2D eigenvalue weighted by Crippen LogP contribution is -2.31. The smallest absolute Gasteiger partial charge is 0.268 e. The van der Waals surface area contributed by atoms with Gasteiger partial charge in [-0.05, 0) is 55.3 Å². The minimum atomic E-state index is -0.0660. The van der Waals surface area contributed by atoms with Crippen molar-refractivity contribution in [2.24, 2.45) is 0 Å². The number of ether oxygens (including phenoxy) is 1. The Morgan fingerprint density at radius 2 is 1.51 bits per heavy atom. The Morgan fingerprint density at radius 3 is 2.13 bits per heavy atom. The molecule has 0 aliphatic heterocycles. The lowest BCUT2D eigenvalue weighted by atomic mass is 10.1. The molecule has 0 spiro atoms. The van der Waals surface area contributed by atoms with Gasteiger partial charge in [0.1, 0.15) is 12.3 Å². The SMILES string of the molecule is CCCCCCCCCCCCCCOc1ccc(CC(=O)Nc2ccc(-c3scc[n+]3CC)cc2)cc1Cl. The van der Waals surface area contributed by atoms with E-state index in [0.29, 0.717) is 17.4 Å². The van der Waals surface area contributed by atoms with E-state index in [1.165, 1.54) is 75.6 Å². The zero-order valence-electron chi connectivity index (χ0n) is 23.9. The van der Waals surface area contributed by atoms with Crippen LogP contribution in [0.1, 0.15) is 96.5 Å². The Kier molecular flexibility index (Phi) is 14.4. The van der Waals surface area contributed by atoms with Crippen molar-refractivity contribution in [3.63, 3.8) is 0 Å². The standard InChI is InChI=1S/C33H45ClN2O2S/c1-3-5-6-7-8-9-10-11-12-13-14-15-23-38-31-21-16-27(25-30(31)34)26-32(37)35-29-19-17-28(18-20-29)33-36(4-2)22-24-39-33/h16-22,24-25H,3-15,23,26H2,1-2H3/p+1. The van der Waals surface area contributed by atoms with Crippen LogP contribution in [0.2, 0.25) is 5.02 Å². The fourth-order valence-corrected chi connectivity index (χ4v) is 5.96. The van der Waals surface area contributed by atoms with Crippen LogP contribution in [0.5, 0.6) is 5.75 Å². The van der Waals surface area contributed by atoms with Crippen LogP contribution in [0.15, 0.2) is 54.0 Å². The molecular formula is C33H46ClN2O2S+. The van der Waals surface area contributed by atoms with E-state index in [2.05, 4.69) is 35.3 Å². The third kappa shape index (κ3) is 11.3. The summed E-state index contributed by atoms with van der Waals surface area (Å²) in [6.45, 7) is 6.02. The highest BCUT2D eigenvalue weighted by molar-refractivity contribution is 7.12. The Morgan fingerprint density at radius 1 is 0.872 bits per heavy atom. The summed E-state index contributed by atoms with van der Waals surface area (Å²) in [5.74, 6) is 0.626. The maximum absolute atomic E-state index is 12.6. The van der Waals surface area contributed by atoms with E-state index >= 15 is 0 Å². The minimum Gasteiger partial charge on any atom is -0.492 e. The van der Waals surface area contributed by atoms with Crippen LogP contribution in [0.4, 0.5) is 5.69 Å². The third-order valence-electron chi connectivity index (χ3n) is 7.05. The van der Waals surface area contributed by atoms with E-state index in [-0.39, 0.29) is 12.3 Å². The summed E-state index contributed by atoms with van der Waals surface area (Å²) >= 11 is 8.17. The van der Waals surface area contributed by atoms with Gasteiger partial charge in [-0.25, -0.2) is 0 Å². The molecule has 0 radical (unpaired) electrons. The van der Waals surface area contributed by atoms with Gasteiger partial charge in [0.2, 0.25) is 5.91 Å². The molecule has 1 heterocycles. The van der Waals surface area contributed by atoms with Crippen LogP contribution in [-0.2, 0) is 17.8 Å². The predicted molar refractivity (Wildman–Crippen MR) is 166 cm³/mol. The fraction of sp³-hybridized carbons (Fsp3) is 0.515. The van der Waals surface area contributed by atoms with Crippen molar-refractivity contribution in [2.75, 3.05) is 11.9 Å². The number of aromatic nitrogens is 1. The summed E-state index contributed by atoms with van der Waals surface area (Å²) in [5, 5.41) is 6.85. The maximum atomic E-state index is 12.6. The molecule has 1 N–H and O–H groups in total. The number of thiazole rings is 1. The summed E-state index contributed by atoms with van der Waals surface area (Å²) in [6.07, 6.45) is 18.3. The van der Waals surface area contributed by atoms with Crippen LogP contribution >= 0.6 is 22.9 Å². The van der Waals surface area contributed by atoms with E-state index in [1.54, 1.807) is 11.3 Å². The van der Waals surface area contributed by atoms with Gasteiger partial charge in [0, 0.05) is 5.69 Å². The van der Waals surface area contributed by atoms with E-state index in [1.807, 2.05) is 42.5 Å². The number of hydrogen-bond acceptors (Lipinski definition) is 3. The van der Waals surface area contributed by atoms with Crippen LogP contribution in [-0.4, -0.2) is 12.5 Å². The number of nitrogens with zero attached hydrogens (tertiary/aromatic N) is 1. The minimum absolute atomic E-state index is 0.0660. The Labute approximate surface area is 244 Å². The van der Waals surface area contributed by atoms with Gasteiger partial charge < -0.3 is 10.1 Å². The zero-order chi connectivity index (χ0) is 27.7. The molecule has 2 aromatic carbocycles. The van der Waals surface area contributed by atoms with Gasteiger partial charge in [-0.3, -0.25) is 4.79 Å². The second-order valence-electron chi connectivity index (χ2n) is 10.3. The van der Waals surface area contributed by atoms with Gasteiger partial charge in [0.25, 0.3) is 5.01 Å². The van der Waals surface area contributed by atoms with Gasteiger partial charge in [-0.1, -0.05) is 107 Å². The Hall–Kier alpha value is -2.37. The molecule has 0 bridgehead atoms. The molecule has 3 rings (SSSR count). The number of hydrogen-bond donors (Lipinski definition) is 1. The molecule has 6 heteroatoms. The zero-order valence-corrected chi connectivity index (χ0v) is 25.4. The van der Waals surface area contributed by atoms with Crippen molar-refractivity contribution in [1.82, 2.24) is 0 Å². The van der Waals surface area contributed by atoms with Crippen molar-refractivity contribution in [1.29, 1.82) is 0 Å². The van der Waals surface area contributed by atoms with Crippen molar-refractivity contribution in [3.05, 3.63) is 64.6 Å². The van der Waals surface area contributed by atoms with Crippen LogP contribution in [0.3, 0.4) is 0 Å². The third-order valence-corrected chi connectivity index (χ3v) is 8.30. The molecule has 0 aliphatic rings. The number of halogens is 1. The van der Waals surface area contributed by atoms with Gasteiger partial charge >= 0.3 is 0 Å². The number of rotatable bonds is 19. The topological polar surface area (TPSA) is 42.2 Å². The van der Waals surface area contributed by atoms with E-state index in [9.17, 15) is 4.79 Å². The first-order chi connectivity index (χ1) is 19.1. The largest absolute Gasteiger partial charge is 0.492 e. The number of aryl methyl sites for hydroxylation is 1. The quantitative estimate of drug-likeness (QED) is 0.115. The highest BCUT2D eigenvalue weighted by atomic mass is 35.5. The van der Waals surface area contributed by atoms with Gasteiger partial charge in [0.15, 0.2) is 6.20 Å². The van der Waals surface area contributed by atoms with Gasteiger partial charge in [-0.15, -0.1) is 0 Å². The number of anilines is 1. The summed E-state index contributed by atoms with van der Waals surface area (Å²) in [6, 6.07) is 13.6. The molecular weight excluding hydrogens is 524 g/mol. The Balaban J connectivity index is 1.30. The maximum Gasteiger partial charge on any atom is 0.268 e. The highest BCUT2D eigenvalue weighted by Crippen LogP contribution is 2.27. The summed E-state index contributed by atoms with van der Waals surface area (Å²) in [4.78, 5) is 12.6. The van der Waals surface area contributed by atoms with Gasteiger partial charge in [0.05, 0.1) is 29.0 Å². The molecule has 0 saturated heterocycles. The molecule has 0 unspecified atom stereocenters. The van der Waals surface area contributed by atoms with E-state index in [4.69, 9.17) is 16.3 Å². The average Bonchev–Trinajstić information content (AvgIpc) is 3.42. The van der Waals surface area contributed by atoms with E-state index in [0.717, 1.165) is 29.8 Å². The van der Waals surface area contributed by atoms with Crippen molar-refractivity contribution < 1.29 is 14.1 Å². The van der Waals surface area contributed by atoms with Crippen molar-refractivity contribution in [3.8, 4) is 16.3 Å². The Bertz CT molecular complexity index is 1110. The molecule has 1 amide bonds. The van der Waals surface area contributed by atoms with Crippen LogP contribution in [0, 0.1) is 0 Å². The van der Waals surface area contributed by atoms with Crippen LogP contribution in [0.25, 0.3) is 10.6 Å². The molecule has 4 nitrogen and oxygen atoms in total. The highest BCUT2D eigenvalue weighted by Gasteiger charge is 2.13. The van der Waals surface area contributed by atoms with E-state index < -0.39 is 0 Å². The first-order valence-electron chi connectivity index (χ1n) is 14.9. The average molecular weight is 570 g/mol. The molecule has 0 fully saturated rings. The van der Waals surface area contributed by atoms with Crippen LogP contribution < -0.4 is 14.6 Å². The van der Waals surface area contributed by atoms with Crippen molar-refractivity contribution >= 4 is 34.5 Å². The number of carbonyl (C=O) groups is 1.